The van der Waals surface area contributed by atoms with Crippen molar-refractivity contribution < 1.29 is 44.1 Å². The van der Waals surface area contributed by atoms with Crippen LogP contribution in [0.25, 0.3) is 0 Å². The largest absolute Gasteiger partial charge is 0.481 e. The van der Waals surface area contributed by atoms with E-state index in [-0.39, 0.29) is 5.75 Å². The van der Waals surface area contributed by atoms with Gasteiger partial charge in [0.2, 0.25) is 23.6 Å². The van der Waals surface area contributed by atoms with Crippen molar-refractivity contribution in [2.45, 2.75) is 63.5 Å². The van der Waals surface area contributed by atoms with Crippen LogP contribution in [0.4, 0.5) is 0 Å². The maximum atomic E-state index is 12.6. The van der Waals surface area contributed by atoms with Crippen LogP contribution in [-0.2, 0) is 28.8 Å². The summed E-state index contributed by atoms with van der Waals surface area (Å²) in [7, 11) is 0. The van der Waals surface area contributed by atoms with Crippen molar-refractivity contribution >= 4 is 48.2 Å². The highest BCUT2D eigenvalue weighted by molar-refractivity contribution is 7.80. The minimum atomic E-state index is -1.69. The molecule has 0 fully saturated rings. The Morgan fingerprint density at radius 3 is 1.72 bits per heavy atom. The van der Waals surface area contributed by atoms with Gasteiger partial charge in [-0.3, -0.25) is 28.8 Å². The zero-order valence-corrected chi connectivity index (χ0v) is 18.6. The molecule has 0 aliphatic heterocycles. The van der Waals surface area contributed by atoms with Crippen molar-refractivity contribution in [2.75, 3.05) is 5.75 Å². The Morgan fingerprint density at radius 2 is 1.31 bits per heavy atom. The summed E-state index contributed by atoms with van der Waals surface area (Å²) in [6.45, 7) is 3.67. The van der Waals surface area contributed by atoms with Crippen LogP contribution in [0.3, 0.4) is 0 Å². The molecule has 0 heterocycles. The number of hydrogen-bond donors (Lipinski definition) is 9. The van der Waals surface area contributed by atoms with Crippen molar-refractivity contribution in [3.63, 3.8) is 0 Å². The maximum Gasteiger partial charge on any atom is 0.325 e. The third-order valence-corrected chi connectivity index (χ3v) is 4.40. The number of aliphatic hydroxyl groups is 1. The van der Waals surface area contributed by atoms with E-state index in [2.05, 4.69) is 33.9 Å². The molecule has 0 unspecified atom stereocenters. The second kappa shape index (κ2) is 13.5. The van der Waals surface area contributed by atoms with Gasteiger partial charge in [0, 0.05) is 5.75 Å². The molecule has 4 amide bonds. The quantitative estimate of drug-likeness (QED) is 0.117. The predicted octanol–water partition coefficient (Wildman–Crippen LogP) is -3.84. The lowest BCUT2D eigenvalue weighted by atomic mass is 10.1. The molecule has 6 atom stereocenters. The van der Waals surface area contributed by atoms with E-state index in [4.69, 9.17) is 15.9 Å². The van der Waals surface area contributed by atoms with E-state index in [9.17, 15) is 33.9 Å². The lowest BCUT2D eigenvalue weighted by Gasteiger charge is -2.26. The molecule has 0 rings (SSSR count). The van der Waals surface area contributed by atoms with Crippen LogP contribution in [-0.4, -0.2) is 93.0 Å². The van der Waals surface area contributed by atoms with E-state index in [0.717, 1.165) is 13.8 Å². The van der Waals surface area contributed by atoms with Crippen LogP contribution < -0.4 is 27.0 Å². The number of amides is 4. The maximum absolute atomic E-state index is 12.6. The second-order valence-corrected chi connectivity index (χ2v) is 7.35. The second-order valence-electron chi connectivity index (χ2n) is 6.99. The number of aliphatic carboxylic acids is 2. The molecule has 0 aliphatic carbocycles. The third-order valence-electron chi connectivity index (χ3n) is 4.03. The number of nitrogens with one attached hydrogen (secondary N) is 4. The van der Waals surface area contributed by atoms with Crippen molar-refractivity contribution in [1.29, 1.82) is 0 Å². The molecule has 0 bridgehead atoms. The smallest absolute Gasteiger partial charge is 0.325 e. The molecule has 0 aliphatic rings. The van der Waals surface area contributed by atoms with Crippen molar-refractivity contribution in [3.8, 4) is 0 Å². The van der Waals surface area contributed by atoms with Gasteiger partial charge < -0.3 is 42.3 Å². The van der Waals surface area contributed by atoms with Gasteiger partial charge in [0.25, 0.3) is 0 Å². The molecule has 0 saturated carbocycles. The highest BCUT2D eigenvalue weighted by atomic mass is 32.1. The molecule has 15 heteroatoms. The van der Waals surface area contributed by atoms with E-state index in [0.29, 0.717) is 0 Å². The molecular formula is C17H29N5O9S. The van der Waals surface area contributed by atoms with Crippen LogP contribution in [0.1, 0.15) is 27.2 Å². The fraction of sp³-hybridized carbons (Fsp3) is 0.647. The number of nitrogens with two attached hydrogens (primary N) is 1. The Hall–Kier alpha value is -2.91. The molecule has 0 spiro atoms. The monoisotopic (exact) mass is 479 g/mol. The summed E-state index contributed by atoms with van der Waals surface area (Å²) in [5.74, 6) is -6.83. The van der Waals surface area contributed by atoms with Gasteiger partial charge in [0.1, 0.15) is 24.2 Å². The molecule has 0 aromatic carbocycles. The third kappa shape index (κ3) is 9.93. The molecule has 0 aromatic rings. The number of carbonyl (C=O) groups is 6. The summed E-state index contributed by atoms with van der Waals surface area (Å²) >= 11 is 3.93. The van der Waals surface area contributed by atoms with Gasteiger partial charge in [0.15, 0.2) is 0 Å². The summed E-state index contributed by atoms with van der Waals surface area (Å²) in [4.78, 5) is 71.0. The highest BCUT2D eigenvalue weighted by Crippen LogP contribution is 2.01. The van der Waals surface area contributed by atoms with Gasteiger partial charge in [-0.15, -0.1) is 0 Å². The Bertz CT molecular complexity index is 731. The van der Waals surface area contributed by atoms with E-state index >= 15 is 0 Å². The number of carbonyl (C=O) groups excluding carboxylic acids is 4. The number of rotatable bonds is 13. The lowest BCUT2D eigenvalue weighted by Crippen LogP contribution is -2.60. The molecule has 0 aromatic heterocycles. The van der Waals surface area contributed by atoms with Crippen LogP contribution in [0.15, 0.2) is 0 Å². The minimum Gasteiger partial charge on any atom is -0.481 e. The molecular weight excluding hydrogens is 450 g/mol. The summed E-state index contributed by atoms with van der Waals surface area (Å²) < 4.78 is 0. The van der Waals surface area contributed by atoms with Gasteiger partial charge in [-0.1, -0.05) is 0 Å². The van der Waals surface area contributed by atoms with Crippen molar-refractivity contribution in [2.24, 2.45) is 5.73 Å². The standard InChI is InChI=1S/C17H29N5O9S/c1-6(18)13(26)21-10(5-32)15(28)20-9(4-11(24)25)14(27)22-12(8(3)23)16(29)19-7(2)17(30)31/h6-10,12,23,32H,4-5,18H2,1-3H3,(H,19,29)(H,20,28)(H,21,26)(H,22,27)(H,24,25)(H,30,31)/t6-,7-,8+,9-,10-,12-/m0/s1. The Labute approximate surface area is 189 Å². The fourth-order valence-corrected chi connectivity index (χ4v) is 2.43. The summed E-state index contributed by atoms with van der Waals surface area (Å²) in [5, 5.41) is 36.3. The fourth-order valence-electron chi connectivity index (χ4n) is 2.18. The Kier molecular flexibility index (Phi) is 12.3. The zero-order chi connectivity index (χ0) is 25.2. The number of carboxylic acid groups (broad SMARTS) is 2. The topological polar surface area (TPSA) is 237 Å². The first-order valence-electron chi connectivity index (χ1n) is 9.41. The van der Waals surface area contributed by atoms with Gasteiger partial charge >= 0.3 is 11.9 Å². The predicted molar refractivity (Wildman–Crippen MR) is 112 cm³/mol. The summed E-state index contributed by atoms with van der Waals surface area (Å²) in [6, 6.07) is -6.86. The van der Waals surface area contributed by atoms with E-state index in [1.165, 1.54) is 6.92 Å². The van der Waals surface area contributed by atoms with Gasteiger partial charge in [-0.2, -0.15) is 12.6 Å². The minimum absolute atomic E-state index is 0.197. The summed E-state index contributed by atoms with van der Waals surface area (Å²) in [6.07, 6.45) is -2.38. The Balaban J connectivity index is 5.46. The number of aliphatic hydroxyl groups excluding tert-OH is 1. The van der Waals surface area contributed by atoms with E-state index < -0.39 is 78.3 Å². The summed E-state index contributed by atoms with van der Waals surface area (Å²) in [5.41, 5.74) is 5.41. The molecule has 9 N–H and O–H groups in total. The molecule has 0 saturated heterocycles. The number of thiol groups is 1. The van der Waals surface area contributed by atoms with Gasteiger partial charge in [-0.05, 0) is 20.8 Å². The van der Waals surface area contributed by atoms with Crippen LogP contribution in [0.2, 0.25) is 0 Å². The lowest BCUT2D eigenvalue weighted by molar-refractivity contribution is -0.143. The number of hydrogen-bond acceptors (Lipinski definition) is 9. The first-order chi connectivity index (χ1) is 14.7. The van der Waals surface area contributed by atoms with Crippen LogP contribution in [0, 0.1) is 0 Å². The SMILES string of the molecule is C[C@H](N)C(=O)N[C@@H](CS)C(=O)N[C@@H](CC(=O)O)C(=O)N[C@H](C(=O)N[C@@H](C)C(=O)O)[C@@H](C)O. The van der Waals surface area contributed by atoms with Crippen LogP contribution >= 0.6 is 12.6 Å². The molecule has 182 valence electrons. The van der Waals surface area contributed by atoms with Gasteiger partial charge in [0.05, 0.1) is 18.6 Å². The van der Waals surface area contributed by atoms with E-state index in [1.54, 1.807) is 0 Å². The molecule has 32 heavy (non-hydrogen) atoms. The Morgan fingerprint density at radius 1 is 0.812 bits per heavy atom. The van der Waals surface area contributed by atoms with Crippen LogP contribution in [0.5, 0.6) is 0 Å². The molecule has 0 radical (unpaired) electrons. The van der Waals surface area contributed by atoms with Crippen molar-refractivity contribution in [1.82, 2.24) is 21.3 Å². The first-order valence-corrected chi connectivity index (χ1v) is 10.0. The first kappa shape index (κ1) is 29.1. The number of carboxylic acids is 2. The highest BCUT2D eigenvalue weighted by Gasteiger charge is 2.33. The average Bonchev–Trinajstić information content (AvgIpc) is 2.67. The molecule has 14 nitrogen and oxygen atoms in total. The van der Waals surface area contributed by atoms with E-state index in [1.807, 2.05) is 0 Å². The van der Waals surface area contributed by atoms with Gasteiger partial charge in [-0.25, -0.2) is 0 Å². The zero-order valence-electron chi connectivity index (χ0n) is 17.7. The normalized spacial score (nSPS) is 16.3. The average molecular weight is 480 g/mol. The van der Waals surface area contributed by atoms with Crippen molar-refractivity contribution in [3.05, 3.63) is 0 Å².